The zero-order valence-corrected chi connectivity index (χ0v) is 13.1. The van der Waals surface area contributed by atoms with Crippen LogP contribution in [-0.2, 0) is 15.6 Å². The van der Waals surface area contributed by atoms with Crippen molar-refractivity contribution in [3.63, 3.8) is 0 Å². The van der Waals surface area contributed by atoms with Crippen LogP contribution >= 0.6 is 0 Å². The summed E-state index contributed by atoms with van der Waals surface area (Å²) in [6.45, 7) is 8.68. The molecule has 110 valence electrons. The Bertz CT molecular complexity index is 498. The molecule has 0 spiro atoms. The van der Waals surface area contributed by atoms with Gasteiger partial charge in [0.2, 0.25) is 0 Å². The average Bonchev–Trinajstić information content (AvgIpc) is 2.37. The van der Waals surface area contributed by atoms with Gasteiger partial charge in [-0.15, -0.1) is 0 Å². The highest BCUT2D eigenvalue weighted by molar-refractivity contribution is 5.81. The van der Waals surface area contributed by atoms with E-state index < -0.39 is 11.4 Å². The van der Waals surface area contributed by atoms with Gasteiger partial charge < -0.3 is 5.11 Å². The monoisotopic (exact) mass is 274 g/mol. The second-order valence-corrected chi connectivity index (χ2v) is 7.42. The third-order valence-electron chi connectivity index (χ3n) is 4.69. The number of carboxylic acid groups (broad SMARTS) is 1. The normalized spacial score (nSPS) is 27.3. The Morgan fingerprint density at radius 2 is 2.05 bits per heavy atom. The molecule has 0 unspecified atom stereocenters. The smallest absolute Gasteiger partial charge is 0.314 e. The molecule has 0 aromatic heterocycles. The van der Waals surface area contributed by atoms with Crippen LogP contribution in [0.5, 0.6) is 0 Å². The molecular formula is C18H26O2. The summed E-state index contributed by atoms with van der Waals surface area (Å²) in [5, 5.41) is 9.85. The Morgan fingerprint density at radius 1 is 1.35 bits per heavy atom. The molecule has 0 saturated heterocycles. The lowest BCUT2D eigenvalue weighted by Crippen LogP contribution is -2.40. The van der Waals surface area contributed by atoms with E-state index in [0.29, 0.717) is 5.92 Å². The minimum Gasteiger partial charge on any atom is -0.481 e. The van der Waals surface area contributed by atoms with Crippen LogP contribution in [0.25, 0.3) is 0 Å². The number of benzene rings is 1. The van der Waals surface area contributed by atoms with Gasteiger partial charge in [0.15, 0.2) is 0 Å². The Kier molecular flexibility index (Phi) is 3.95. The Labute approximate surface area is 122 Å². The minimum atomic E-state index is -0.682. The Morgan fingerprint density at radius 3 is 2.60 bits per heavy atom. The number of rotatable bonds is 2. The van der Waals surface area contributed by atoms with Crippen LogP contribution in [0.3, 0.4) is 0 Å². The number of carboxylic acids is 1. The maximum atomic E-state index is 12.0. The van der Waals surface area contributed by atoms with Gasteiger partial charge in [-0.3, -0.25) is 4.79 Å². The average molecular weight is 274 g/mol. The summed E-state index contributed by atoms with van der Waals surface area (Å²) < 4.78 is 0. The van der Waals surface area contributed by atoms with Crippen LogP contribution < -0.4 is 0 Å². The first-order chi connectivity index (χ1) is 9.25. The lowest BCUT2D eigenvalue weighted by Gasteiger charge is -2.37. The molecule has 20 heavy (non-hydrogen) atoms. The molecule has 1 N–H and O–H groups in total. The molecular weight excluding hydrogens is 248 g/mol. The van der Waals surface area contributed by atoms with Gasteiger partial charge in [0.25, 0.3) is 0 Å². The van der Waals surface area contributed by atoms with Crippen molar-refractivity contribution in [3.8, 4) is 0 Å². The van der Waals surface area contributed by atoms with E-state index >= 15 is 0 Å². The first-order valence-corrected chi connectivity index (χ1v) is 7.60. The fourth-order valence-corrected chi connectivity index (χ4v) is 3.41. The van der Waals surface area contributed by atoms with E-state index in [4.69, 9.17) is 0 Å². The first-order valence-electron chi connectivity index (χ1n) is 7.60. The molecule has 2 nitrogen and oxygen atoms in total. The van der Waals surface area contributed by atoms with Gasteiger partial charge in [-0.1, -0.05) is 64.8 Å². The predicted molar refractivity (Wildman–Crippen MR) is 82.1 cm³/mol. The van der Waals surface area contributed by atoms with Crippen LogP contribution in [0, 0.1) is 5.92 Å². The van der Waals surface area contributed by atoms with E-state index in [0.717, 1.165) is 31.2 Å². The predicted octanol–water partition coefficient (Wildman–Crippen LogP) is 4.52. The van der Waals surface area contributed by atoms with E-state index in [1.54, 1.807) is 0 Å². The second-order valence-electron chi connectivity index (χ2n) is 7.42. The van der Waals surface area contributed by atoms with Crippen molar-refractivity contribution in [2.45, 2.75) is 64.2 Å². The van der Waals surface area contributed by atoms with Crippen molar-refractivity contribution in [1.29, 1.82) is 0 Å². The quantitative estimate of drug-likeness (QED) is 0.861. The largest absolute Gasteiger partial charge is 0.481 e. The van der Waals surface area contributed by atoms with Gasteiger partial charge in [0.1, 0.15) is 0 Å². The fourth-order valence-electron chi connectivity index (χ4n) is 3.41. The number of aliphatic carboxylic acids is 1. The van der Waals surface area contributed by atoms with Gasteiger partial charge in [-0.05, 0) is 35.3 Å². The molecule has 0 amide bonds. The standard InChI is InChI=1S/C18H26O2/c1-13-7-6-10-18(12-13,16(19)20)15-9-5-8-14(11-15)17(2,3)4/h5,8-9,11,13H,6-7,10,12H2,1-4H3,(H,19,20)/t13-,18+/m0/s1. The summed E-state index contributed by atoms with van der Waals surface area (Å²) in [6.07, 6.45) is 3.68. The third kappa shape index (κ3) is 2.74. The number of hydrogen-bond acceptors (Lipinski definition) is 1. The molecule has 1 aromatic carbocycles. The maximum Gasteiger partial charge on any atom is 0.314 e. The van der Waals surface area contributed by atoms with Crippen molar-refractivity contribution in [2.75, 3.05) is 0 Å². The first kappa shape index (κ1) is 15.1. The summed E-state index contributed by atoms with van der Waals surface area (Å²) in [4.78, 5) is 12.0. The topological polar surface area (TPSA) is 37.3 Å². The molecule has 1 saturated carbocycles. The molecule has 1 aromatic rings. The summed E-state index contributed by atoms with van der Waals surface area (Å²) in [5.41, 5.74) is 1.58. The van der Waals surface area contributed by atoms with E-state index in [1.807, 2.05) is 12.1 Å². The molecule has 1 fully saturated rings. The molecule has 1 aliphatic rings. The third-order valence-corrected chi connectivity index (χ3v) is 4.69. The van der Waals surface area contributed by atoms with Crippen molar-refractivity contribution >= 4 is 5.97 Å². The fraction of sp³-hybridized carbons (Fsp3) is 0.611. The molecule has 0 aliphatic heterocycles. The summed E-state index contributed by atoms with van der Waals surface area (Å²) in [6, 6.07) is 8.23. The highest BCUT2D eigenvalue weighted by Crippen LogP contribution is 2.43. The highest BCUT2D eigenvalue weighted by Gasteiger charge is 2.43. The maximum absolute atomic E-state index is 12.0. The van der Waals surface area contributed by atoms with Gasteiger partial charge >= 0.3 is 5.97 Å². The lowest BCUT2D eigenvalue weighted by molar-refractivity contribution is -0.146. The molecule has 0 bridgehead atoms. The lowest BCUT2D eigenvalue weighted by atomic mass is 9.65. The van der Waals surface area contributed by atoms with Crippen molar-refractivity contribution in [3.05, 3.63) is 35.4 Å². The van der Waals surface area contributed by atoms with Crippen LogP contribution in [-0.4, -0.2) is 11.1 Å². The number of hydrogen-bond donors (Lipinski definition) is 1. The molecule has 1 aliphatic carbocycles. The molecule has 2 heteroatoms. The number of carbonyl (C=O) groups is 1. The van der Waals surface area contributed by atoms with Crippen molar-refractivity contribution in [1.82, 2.24) is 0 Å². The minimum absolute atomic E-state index is 0.0516. The van der Waals surface area contributed by atoms with Crippen molar-refractivity contribution in [2.24, 2.45) is 5.92 Å². The highest BCUT2D eigenvalue weighted by atomic mass is 16.4. The van der Waals surface area contributed by atoms with Crippen molar-refractivity contribution < 1.29 is 9.90 Å². The Hall–Kier alpha value is -1.31. The van der Waals surface area contributed by atoms with E-state index in [9.17, 15) is 9.90 Å². The SMILES string of the molecule is C[C@H]1CCC[C@](C(=O)O)(c2cccc(C(C)(C)C)c2)C1. The zero-order valence-electron chi connectivity index (χ0n) is 13.1. The molecule has 0 heterocycles. The molecule has 2 rings (SSSR count). The van der Waals surface area contributed by atoms with E-state index in [-0.39, 0.29) is 5.41 Å². The summed E-state index contributed by atoms with van der Waals surface area (Å²) in [5.74, 6) is -0.173. The zero-order chi connectivity index (χ0) is 15.0. The van der Waals surface area contributed by atoms with Gasteiger partial charge in [0.05, 0.1) is 5.41 Å². The second kappa shape index (κ2) is 5.23. The van der Waals surface area contributed by atoms with Crippen LogP contribution in [0.1, 0.15) is 64.5 Å². The van der Waals surface area contributed by atoms with Gasteiger partial charge in [0, 0.05) is 0 Å². The van der Waals surface area contributed by atoms with E-state index in [2.05, 4.69) is 39.8 Å². The summed E-state index contributed by atoms with van der Waals surface area (Å²) >= 11 is 0. The van der Waals surface area contributed by atoms with Crippen LogP contribution in [0.15, 0.2) is 24.3 Å². The molecule has 2 atom stereocenters. The van der Waals surface area contributed by atoms with E-state index in [1.165, 1.54) is 5.56 Å². The van der Waals surface area contributed by atoms with Gasteiger partial charge in [-0.2, -0.15) is 0 Å². The summed E-state index contributed by atoms with van der Waals surface area (Å²) in [7, 11) is 0. The van der Waals surface area contributed by atoms with Crippen LogP contribution in [0.4, 0.5) is 0 Å². The van der Waals surface area contributed by atoms with Gasteiger partial charge in [-0.25, -0.2) is 0 Å². The molecule has 0 radical (unpaired) electrons. The van der Waals surface area contributed by atoms with Crippen LogP contribution in [0.2, 0.25) is 0 Å². The Balaban J connectivity index is 2.48.